The second-order valence-electron chi connectivity index (χ2n) is 2.82. The minimum absolute atomic E-state index is 0.0659. The summed E-state index contributed by atoms with van der Waals surface area (Å²) < 4.78 is 1.88. The van der Waals surface area contributed by atoms with Gasteiger partial charge in [0.15, 0.2) is 0 Å². The summed E-state index contributed by atoms with van der Waals surface area (Å²) in [7, 11) is 0. The predicted molar refractivity (Wildman–Crippen MR) is 49.5 cm³/mol. The molecule has 2 aromatic heterocycles. The van der Waals surface area contributed by atoms with Gasteiger partial charge >= 0.3 is 0 Å². The molecule has 0 aliphatic rings. The molecule has 1 amide bonds. The summed E-state index contributed by atoms with van der Waals surface area (Å²) in [5.74, 6) is -0.0659. The SMILES string of the molecule is CC(=O)Nc1ccn2cncc2c1. The zero-order valence-electron chi connectivity index (χ0n) is 7.19. The van der Waals surface area contributed by atoms with Crippen LogP contribution in [0.2, 0.25) is 0 Å². The summed E-state index contributed by atoms with van der Waals surface area (Å²) in [6.07, 6.45) is 5.31. The predicted octanol–water partition coefficient (Wildman–Crippen LogP) is 1.29. The molecule has 13 heavy (non-hydrogen) atoms. The molecule has 0 aromatic carbocycles. The largest absolute Gasteiger partial charge is 0.326 e. The molecule has 66 valence electrons. The van der Waals surface area contributed by atoms with Gasteiger partial charge in [0.2, 0.25) is 5.91 Å². The Balaban J connectivity index is 2.42. The van der Waals surface area contributed by atoms with E-state index in [9.17, 15) is 4.79 Å². The first-order chi connectivity index (χ1) is 6.25. The van der Waals surface area contributed by atoms with E-state index in [1.807, 2.05) is 22.7 Å². The monoisotopic (exact) mass is 175 g/mol. The van der Waals surface area contributed by atoms with Crippen molar-refractivity contribution < 1.29 is 4.79 Å². The number of nitrogens with one attached hydrogen (secondary N) is 1. The topological polar surface area (TPSA) is 46.4 Å². The van der Waals surface area contributed by atoms with Gasteiger partial charge in [0.05, 0.1) is 18.0 Å². The lowest BCUT2D eigenvalue weighted by atomic mass is 10.3. The van der Waals surface area contributed by atoms with Crippen molar-refractivity contribution in [2.45, 2.75) is 6.92 Å². The molecule has 0 bridgehead atoms. The Hall–Kier alpha value is -1.84. The first-order valence-electron chi connectivity index (χ1n) is 3.95. The fourth-order valence-corrected chi connectivity index (χ4v) is 1.20. The van der Waals surface area contributed by atoms with Crippen molar-refractivity contribution in [3.63, 3.8) is 0 Å². The van der Waals surface area contributed by atoms with E-state index in [1.54, 1.807) is 12.5 Å². The second kappa shape index (κ2) is 2.90. The number of aromatic nitrogens is 2. The van der Waals surface area contributed by atoms with Crippen molar-refractivity contribution >= 4 is 17.1 Å². The molecular formula is C9H9N3O. The number of rotatable bonds is 1. The molecule has 0 radical (unpaired) electrons. The van der Waals surface area contributed by atoms with Crippen molar-refractivity contribution in [3.8, 4) is 0 Å². The third kappa shape index (κ3) is 1.51. The van der Waals surface area contributed by atoms with Gasteiger partial charge in [-0.15, -0.1) is 0 Å². The Morgan fingerprint density at radius 1 is 1.62 bits per heavy atom. The summed E-state index contributed by atoms with van der Waals surface area (Å²) in [5.41, 5.74) is 1.76. The first-order valence-corrected chi connectivity index (χ1v) is 3.95. The van der Waals surface area contributed by atoms with Crippen LogP contribution < -0.4 is 5.32 Å². The molecule has 0 saturated heterocycles. The molecule has 4 heteroatoms. The number of carbonyl (C=O) groups excluding carboxylic acids is 1. The molecule has 2 heterocycles. The van der Waals surface area contributed by atoms with Crippen LogP contribution in [0.3, 0.4) is 0 Å². The van der Waals surface area contributed by atoms with Crippen LogP contribution in [-0.2, 0) is 4.79 Å². The Labute approximate surface area is 75.2 Å². The normalized spacial score (nSPS) is 10.2. The van der Waals surface area contributed by atoms with Crippen LogP contribution in [0.5, 0.6) is 0 Å². The van der Waals surface area contributed by atoms with E-state index in [4.69, 9.17) is 0 Å². The summed E-state index contributed by atoms with van der Waals surface area (Å²) >= 11 is 0. The molecule has 0 aliphatic carbocycles. The van der Waals surface area contributed by atoms with E-state index in [0.29, 0.717) is 0 Å². The van der Waals surface area contributed by atoms with Crippen molar-refractivity contribution in [2.24, 2.45) is 0 Å². The third-order valence-corrected chi connectivity index (χ3v) is 1.73. The lowest BCUT2D eigenvalue weighted by Crippen LogP contribution is -2.05. The summed E-state index contributed by atoms with van der Waals surface area (Å²) in [6.45, 7) is 1.49. The third-order valence-electron chi connectivity index (χ3n) is 1.73. The molecule has 2 rings (SSSR count). The quantitative estimate of drug-likeness (QED) is 0.709. The maximum Gasteiger partial charge on any atom is 0.221 e. The zero-order valence-corrected chi connectivity index (χ0v) is 7.19. The summed E-state index contributed by atoms with van der Waals surface area (Å²) in [4.78, 5) is 14.7. The Morgan fingerprint density at radius 2 is 2.46 bits per heavy atom. The van der Waals surface area contributed by atoms with Crippen LogP contribution in [0.1, 0.15) is 6.92 Å². The van der Waals surface area contributed by atoms with E-state index >= 15 is 0 Å². The highest BCUT2D eigenvalue weighted by Crippen LogP contribution is 2.10. The smallest absolute Gasteiger partial charge is 0.221 e. The van der Waals surface area contributed by atoms with Crippen molar-refractivity contribution in [3.05, 3.63) is 30.9 Å². The van der Waals surface area contributed by atoms with Crippen molar-refractivity contribution in [2.75, 3.05) is 5.32 Å². The molecule has 0 unspecified atom stereocenters. The Bertz CT molecular complexity index is 447. The highest BCUT2D eigenvalue weighted by Gasteiger charge is 1.97. The average Bonchev–Trinajstić information content (AvgIpc) is 2.49. The molecule has 2 aromatic rings. The van der Waals surface area contributed by atoms with E-state index in [1.165, 1.54) is 6.92 Å². The first kappa shape index (κ1) is 7.79. The summed E-state index contributed by atoms with van der Waals surface area (Å²) in [5, 5.41) is 2.71. The number of hydrogen-bond acceptors (Lipinski definition) is 2. The van der Waals surface area contributed by atoms with Crippen LogP contribution in [0.25, 0.3) is 5.52 Å². The van der Waals surface area contributed by atoms with Crippen LogP contribution in [0, 0.1) is 0 Å². The van der Waals surface area contributed by atoms with Crippen LogP contribution >= 0.6 is 0 Å². The number of anilines is 1. The average molecular weight is 175 g/mol. The Kier molecular flexibility index (Phi) is 1.73. The van der Waals surface area contributed by atoms with Gasteiger partial charge in [-0.1, -0.05) is 0 Å². The lowest BCUT2D eigenvalue weighted by Gasteiger charge is -2.01. The van der Waals surface area contributed by atoms with Gasteiger partial charge in [0.25, 0.3) is 0 Å². The number of hydrogen-bond donors (Lipinski definition) is 1. The molecule has 0 fully saturated rings. The van der Waals surface area contributed by atoms with E-state index < -0.39 is 0 Å². The van der Waals surface area contributed by atoms with Gasteiger partial charge in [-0.2, -0.15) is 0 Å². The summed E-state index contributed by atoms with van der Waals surface area (Å²) in [6, 6.07) is 3.70. The van der Waals surface area contributed by atoms with Gasteiger partial charge in [0, 0.05) is 18.8 Å². The lowest BCUT2D eigenvalue weighted by molar-refractivity contribution is -0.114. The molecule has 0 atom stereocenters. The van der Waals surface area contributed by atoms with Gasteiger partial charge in [-0.3, -0.25) is 4.79 Å². The number of carbonyl (C=O) groups is 1. The van der Waals surface area contributed by atoms with Gasteiger partial charge in [-0.25, -0.2) is 4.98 Å². The highest BCUT2D eigenvalue weighted by molar-refractivity contribution is 5.89. The van der Waals surface area contributed by atoms with Gasteiger partial charge in [-0.05, 0) is 12.1 Å². The van der Waals surface area contributed by atoms with E-state index in [0.717, 1.165) is 11.2 Å². The fourth-order valence-electron chi connectivity index (χ4n) is 1.20. The minimum atomic E-state index is -0.0659. The standard InChI is InChI=1S/C9H9N3O/c1-7(13)11-8-2-3-12-6-10-5-9(12)4-8/h2-6H,1H3,(H,11,13). The fraction of sp³-hybridized carbons (Fsp3) is 0.111. The number of pyridine rings is 1. The number of amides is 1. The second-order valence-corrected chi connectivity index (χ2v) is 2.82. The molecule has 4 nitrogen and oxygen atoms in total. The molecule has 1 N–H and O–H groups in total. The molecule has 0 saturated carbocycles. The van der Waals surface area contributed by atoms with Crippen LogP contribution in [0.4, 0.5) is 5.69 Å². The van der Waals surface area contributed by atoms with E-state index in [-0.39, 0.29) is 5.91 Å². The van der Waals surface area contributed by atoms with Gasteiger partial charge < -0.3 is 9.72 Å². The number of imidazole rings is 1. The highest BCUT2D eigenvalue weighted by atomic mass is 16.1. The maximum absolute atomic E-state index is 10.8. The number of fused-ring (bicyclic) bond motifs is 1. The maximum atomic E-state index is 10.8. The van der Waals surface area contributed by atoms with E-state index in [2.05, 4.69) is 10.3 Å². The van der Waals surface area contributed by atoms with Crippen LogP contribution in [0.15, 0.2) is 30.9 Å². The Morgan fingerprint density at radius 3 is 3.23 bits per heavy atom. The minimum Gasteiger partial charge on any atom is -0.326 e. The van der Waals surface area contributed by atoms with Crippen LogP contribution in [-0.4, -0.2) is 15.3 Å². The van der Waals surface area contributed by atoms with Crippen molar-refractivity contribution in [1.82, 2.24) is 9.38 Å². The zero-order chi connectivity index (χ0) is 9.26. The number of nitrogens with zero attached hydrogens (tertiary/aromatic N) is 2. The molecular weight excluding hydrogens is 166 g/mol. The molecule has 0 aliphatic heterocycles. The molecule has 0 spiro atoms. The van der Waals surface area contributed by atoms with Gasteiger partial charge in [0.1, 0.15) is 0 Å². The van der Waals surface area contributed by atoms with Crippen molar-refractivity contribution in [1.29, 1.82) is 0 Å².